The summed E-state index contributed by atoms with van der Waals surface area (Å²) in [5.41, 5.74) is -0.146. The number of benzene rings is 2. The van der Waals surface area contributed by atoms with Gasteiger partial charge in [-0.05, 0) is 56.4 Å². The van der Waals surface area contributed by atoms with Gasteiger partial charge >= 0.3 is 0 Å². The first-order valence-corrected chi connectivity index (χ1v) is 15.5. The number of ether oxygens (including phenoxy) is 1. The first-order valence-electron chi connectivity index (χ1n) is 15.5. The molecule has 0 bridgehead atoms. The van der Waals surface area contributed by atoms with Gasteiger partial charge in [-0.2, -0.15) is 0 Å². The number of amides is 3. The first-order chi connectivity index (χ1) is 21.0. The Morgan fingerprint density at radius 3 is 2.41 bits per heavy atom. The predicted octanol–water partition coefficient (Wildman–Crippen LogP) is 3.21. The molecule has 10 heteroatoms. The molecular formula is C34H45FN4O5. The summed E-state index contributed by atoms with van der Waals surface area (Å²) in [4.78, 5) is 42.7. The molecule has 238 valence electrons. The minimum atomic E-state index is -1.63. The molecule has 1 heterocycles. The third-order valence-electron chi connectivity index (χ3n) is 8.36. The highest BCUT2D eigenvalue weighted by molar-refractivity contribution is 5.94. The van der Waals surface area contributed by atoms with E-state index in [2.05, 4.69) is 16.0 Å². The van der Waals surface area contributed by atoms with Crippen LogP contribution in [0.3, 0.4) is 0 Å². The van der Waals surface area contributed by atoms with E-state index in [1.807, 2.05) is 30.3 Å². The second kappa shape index (κ2) is 15.3. The van der Waals surface area contributed by atoms with Crippen LogP contribution in [0.5, 0.6) is 5.75 Å². The average Bonchev–Trinajstić information content (AvgIpc) is 2.99. The average molecular weight is 609 g/mol. The molecule has 0 saturated heterocycles. The van der Waals surface area contributed by atoms with Crippen molar-refractivity contribution in [3.63, 3.8) is 0 Å². The smallest absolute Gasteiger partial charge is 0.246 e. The second-order valence-electron chi connectivity index (χ2n) is 12.3. The van der Waals surface area contributed by atoms with Crippen molar-refractivity contribution in [2.24, 2.45) is 5.92 Å². The van der Waals surface area contributed by atoms with E-state index in [0.717, 1.165) is 37.7 Å². The third kappa shape index (κ3) is 8.89. The maximum atomic E-state index is 14.1. The molecule has 0 aromatic heterocycles. The highest BCUT2D eigenvalue weighted by atomic mass is 19.1. The van der Waals surface area contributed by atoms with Crippen LogP contribution in [-0.2, 0) is 20.8 Å². The molecule has 2 aromatic carbocycles. The summed E-state index contributed by atoms with van der Waals surface area (Å²) in [7, 11) is 1.52. The fraction of sp³-hybridized carbons (Fsp3) is 0.500. The summed E-state index contributed by atoms with van der Waals surface area (Å²) in [5.74, 6) is -1.08. The molecule has 1 fully saturated rings. The minimum Gasteiger partial charge on any atom is -0.492 e. The molecule has 4 N–H and O–H groups in total. The van der Waals surface area contributed by atoms with E-state index in [4.69, 9.17) is 4.74 Å². The molecule has 2 aromatic rings. The number of rotatable bonds is 4. The molecule has 0 spiro atoms. The van der Waals surface area contributed by atoms with E-state index < -0.39 is 41.4 Å². The molecule has 9 nitrogen and oxygen atoms in total. The number of nitrogens with zero attached hydrogens (tertiary/aromatic N) is 1. The maximum absolute atomic E-state index is 14.1. The Hall–Kier alpha value is -3.76. The van der Waals surface area contributed by atoms with Crippen molar-refractivity contribution in [1.82, 2.24) is 20.9 Å². The standard InChI is InChI=1S/C34H45FN4O5/c1-34(2,43)30-32(41)38-27(22-23-15-17-26(35)18-16-23)31(40)37-19-9-13-24-10-7-8-14-28(24)44-21-20-36-29(33(42)39(30)3)25-11-5-4-6-12-25/h7-10,13-18,25,27,29-30,36,43H,4-6,11-12,19-22H2,1-3H3,(H,37,40)(H,38,41)/t27-,29+,30-/m1/s1. The van der Waals surface area contributed by atoms with Gasteiger partial charge in [0, 0.05) is 32.1 Å². The van der Waals surface area contributed by atoms with Crippen LogP contribution in [0.2, 0.25) is 0 Å². The van der Waals surface area contributed by atoms with Crippen molar-refractivity contribution in [3.05, 3.63) is 71.6 Å². The number of hydrogen-bond acceptors (Lipinski definition) is 6. The summed E-state index contributed by atoms with van der Waals surface area (Å²) in [5, 5.41) is 20.2. The quantitative estimate of drug-likeness (QED) is 0.423. The van der Waals surface area contributed by atoms with Gasteiger partial charge in [-0.1, -0.05) is 61.7 Å². The van der Waals surface area contributed by atoms with Crippen LogP contribution in [-0.4, -0.2) is 78.2 Å². The Labute approximate surface area is 259 Å². The maximum Gasteiger partial charge on any atom is 0.246 e. The zero-order chi connectivity index (χ0) is 31.7. The monoisotopic (exact) mass is 608 g/mol. The fourth-order valence-corrected chi connectivity index (χ4v) is 6.15. The topological polar surface area (TPSA) is 120 Å². The normalized spacial score (nSPS) is 23.5. The van der Waals surface area contributed by atoms with Crippen molar-refractivity contribution in [2.75, 3.05) is 26.7 Å². The van der Waals surface area contributed by atoms with E-state index in [0.29, 0.717) is 24.5 Å². The summed E-state index contributed by atoms with van der Waals surface area (Å²) in [6.07, 6.45) is 8.65. The lowest BCUT2D eigenvalue weighted by atomic mass is 9.82. The van der Waals surface area contributed by atoms with Crippen LogP contribution in [0.4, 0.5) is 4.39 Å². The molecular weight excluding hydrogens is 563 g/mol. The van der Waals surface area contributed by atoms with Gasteiger partial charge in [-0.25, -0.2) is 4.39 Å². The molecule has 2 aliphatic rings. The number of likely N-dealkylation sites (N-methyl/N-ethyl adjacent to an activating group) is 1. The van der Waals surface area contributed by atoms with E-state index >= 15 is 0 Å². The number of carbonyl (C=O) groups is 3. The molecule has 0 unspecified atom stereocenters. The Morgan fingerprint density at radius 2 is 1.70 bits per heavy atom. The van der Waals surface area contributed by atoms with Crippen molar-refractivity contribution in [2.45, 2.75) is 76.1 Å². The molecule has 44 heavy (non-hydrogen) atoms. The zero-order valence-corrected chi connectivity index (χ0v) is 25.9. The lowest BCUT2D eigenvalue weighted by Crippen LogP contribution is -2.64. The molecule has 4 rings (SSSR count). The number of fused-ring (bicyclic) bond motifs is 1. The number of halogens is 1. The van der Waals surface area contributed by atoms with Gasteiger partial charge in [0.05, 0.1) is 11.6 Å². The highest BCUT2D eigenvalue weighted by Gasteiger charge is 2.43. The highest BCUT2D eigenvalue weighted by Crippen LogP contribution is 2.29. The van der Waals surface area contributed by atoms with Crippen molar-refractivity contribution in [3.8, 4) is 5.75 Å². The van der Waals surface area contributed by atoms with E-state index in [1.54, 1.807) is 18.2 Å². The second-order valence-corrected chi connectivity index (χ2v) is 12.3. The summed E-state index contributed by atoms with van der Waals surface area (Å²) < 4.78 is 19.7. The summed E-state index contributed by atoms with van der Waals surface area (Å²) >= 11 is 0. The minimum absolute atomic E-state index is 0.0713. The number of hydrogen-bond donors (Lipinski definition) is 4. The van der Waals surface area contributed by atoms with Crippen LogP contribution >= 0.6 is 0 Å². The Balaban J connectivity index is 1.68. The van der Waals surface area contributed by atoms with Gasteiger partial charge in [-0.3, -0.25) is 14.4 Å². The zero-order valence-electron chi connectivity index (χ0n) is 25.9. The van der Waals surface area contributed by atoms with Crippen molar-refractivity contribution in [1.29, 1.82) is 0 Å². The van der Waals surface area contributed by atoms with E-state index in [-0.39, 0.29) is 24.8 Å². The SMILES string of the molecule is CN1C(=O)[C@H](C2CCCCC2)NCCOc2ccccc2C=CCNC(=O)[C@@H](Cc2ccc(F)cc2)NC(=O)[C@@H]1C(C)(C)O. The number of para-hydroxylation sites is 1. The molecule has 1 aliphatic heterocycles. The number of nitrogens with one attached hydrogen (secondary N) is 3. The Kier molecular flexibility index (Phi) is 11.5. The van der Waals surface area contributed by atoms with Gasteiger partial charge in [-0.15, -0.1) is 0 Å². The third-order valence-corrected chi connectivity index (χ3v) is 8.36. The number of aliphatic hydroxyl groups is 1. The lowest BCUT2D eigenvalue weighted by molar-refractivity contribution is -0.151. The number of carbonyl (C=O) groups excluding carboxylic acids is 3. The van der Waals surface area contributed by atoms with Crippen LogP contribution in [0, 0.1) is 11.7 Å². The van der Waals surface area contributed by atoms with Crippen molar-refractivity contribution < 1.29 is 28.6 Å². The Bertz CT molecular complexity index is 1300. The lowest BCUT2D eigenvalue weighted by Gasteiger charge is -2.40. The Morgan fingerprint density at radius 1 is 1.00 bits per heavy atom. The van der Waals surface area contributed by atoms with Crippen LogP contribution in [0.25, 0.3) is 6.08 Å². The van der Waals surface area contributed by atoms with Crippen LogP contribution in [0.1, 0.15) is 57.1 Å². The molecule has 0 radical (unpaired) electrons. The van der Waals surface area contributed by atoms with Crippen molar-refractivity contribution >= 4 is 23.8 Å². The van der Waals surface area contributed by atoms with Gasteiger partial charge in [0.2, 0.25) is 17.7 Å². The summed E-state index contributed by atoms with van der Waals surface area (Å²) in [6.45, 7) is 3.86. The largest absolute Gasteiger partial charge is 0.492 e. The molecule has 1 aliphatic carbocycles. The van der Waals surface area contributed by atoms with Crippen LogP contribution < -0.4 is 20.7 Å². The first kappa shape index (κ1) is 33.1. The molecule has 1 saturated carbocycles. The summed E-state index contributed by atoms with van der Waals surface area (Å²) in [6, 6.07) is 10.4. The van der Waals surface area contributed by atoms with E-state index in [9.17, 15) is 23.9 Å². The van der Waals surface area contributed by atoms with E-state index in [1.165, 1.54) is 37.9 Å². The predicted molar refractivity (Wildman–Crippen MR) is 167 cm³/mol. The van der Waals surface area contributed by atoms with Gasteiger partial charge in [0.1, 0.15) is 30.3 Å². The molecule has 3 atom stereocenters. The van der Waals surface area contributed by atoms with Gasteiger partial charge < -0.3 is 30.7 Å². The fourth-order valence-electron chi connectivity index (χ4n) is 6.15. The molecule has 3 amide bonds. The van der Waals surface area contributed by atoms with Gasteiger partial charge in [0.15, 0.2) is 0 Å². The van der Waals surface area contributed by atoms with Crippen LogP contribution in [0.15, 0.2) is 54.6 Å². The van der Waals surface area contributed by atoms with Gasteiger partial charge in [0.25, 0.3) is 0 Å².